The van der Waals surface area contributed by atoms with Gasteiger partial charge in [0.15, 0.2) is 0 Å². The number of carbonyl (C=O) groups is 3. The zero-order valence-corrected chi connectivity index (χ0v) is 19.1. The van der Waals surface area contributed by atoms with Gasteiger partial charge in [-0.3, -0.25) is 9.59 Å². The van der Waals surface area contributed by atoms with Crippen LogP contribution in [0.4, 0.5) is 0 Å². The molecule has 0 unspecified atom stereocenters. The van der Waals surface area contributed by atoms with Crippen LogP contribution in [-0.2, 0) is 37.9 Å². The summed E-state index contributed by atoms with van der Waals surface area (Å²) in [6.07, 6.45) is 1.98. The minimum atomic E-state index is -3.92. The summed E-state index contributed by atoms with van der Waals surface area (Å²) in [5.41, 5.74) is 1.89. The number of hydrogen-bond acceptors (Lipinski definition) is 5. The van der Waals surface area contributed by atoms with Gasteiger partial charge in [0.2, 0.25) is 21.8 Å². The molecule has 1 atom stereocenters. The van der Waals surface area contributed by atoms with Crippen LogP contribution in [0.15, 0.2) is 47.5 Å². The van der Waals surface area contributed by atoms with Crippen LogP contribution in [0, 0.1) is 6.92 Å². The van der Waals surface area contributed by atoms with Crippen LogP contribution in [0.5, 0.6) is 0 Å². The molecule has 2 aromatic rings. The Morgan fingerprint density at radius 1 is 1.12 bits per heavy atom. The Balaban J connectivity index is 1.88. The van der Waals surface area contributed by atoms with Crippen molar-refractivity contribution in [1.29, 1.82) is 0 Å². The van der Waals surface area contributed by atoms with Crippen molar-refractivity contribution in [2.24, 2.45) is 7.05 Å². The van der Waals surface area contributed by atoms with Crippen molar-refractivity contribution < 1.29 is 27.9 Å². The summed E-state index contributed by atoms with van der Waals surface area (Å²) in [4.78, 5) is 35.9. The Hall–Kier alpha value is -3.18. The smallest absolute Gasteiger partial charge is 0.326 e. The van der Waals surface area contributed by atoms with E-state index < -0.39 is 46.8 Å². The fraction of sp³-hybridized carbons (Fsp3) is 0.381. The molecular weight excluding hydrogens is 436 g/mol. The molecule has 2 rings (SSSR count). The average Bonchev–Trinajstić information content (AvgIpc) is 3.12. The van der Waals surface area contributed by atoms with E-state index in [0.29, 0.717) is 13.0 Å². The largest absolute Gasteiger partial charge is 0.480 e. The molecule has 11 heteroatoms. The quantitative estimate of drug-likeness (QED) is 0.437. The number of carboxylic acid groups (broad SMARTS) is 1. The number of likely N-dealkylation sites (N-methyl/N-ethyl adjacent to an activating group) is 1. The molecule has 0 fully saturated rings. The number of aliphatic carboxylic acids is 1. The van der Waals surface area contributed by atoms with Crippen LogP contribution >= 0.6 is 0 Å². The summed E-state index contributed by atoms with van der Waals surface area (Å²) in [6, 6.07) is 8.44. The van der Waals surface area contributed by atoms with E-state index in [2.05, 4.69) is 10.6 Å². The van der Waals surface area contributed by atoms with Crippen molar-refractivity contribution in [3.05, 3.63) is 53.9 Å². The second-order valence-electron chi connectivity index (χ2n) is 7.45. The van der Waals surface area contributed by atoms with E-state index in [1.165, 1.54) is 19.2 Å². The number of aryl methyl sites for hydroxylation is 2. The van der Waals surface area contributed by atoms with Gasteiger partial charge in [-0.2, -0.15) is 4.31 Å². The van der Waals surface area contributed by atoms with Crippen LogP contribution in [0.25, 0.3) is 0 Å². The van der Waals surface area contributed by atoms with Crippen molar-refractivity contribution in [3.8, 4) is 0 Å². The van der Waals surface area contributed by atoms with Gasteiger partial charge in [0.25, 0.3) is 0 Å². The molecule has 0 saturated heterocycles. The molecule has 0 aliphatic carbocycles. The lowest BCUT2D eigenvalue weighted by atomic mass is 10.2. The summed E-state index contributed by atoms with van der Waals surface area (Å²) >= 11 is 0. The average molecular weight is 465 g/mol. The van der Waals surface area contributed by atoms with Gasteiger partial charge in [-0.15, -0.1) is 0 Å². The molecule has 1 aromatic heterocycles. The highest BCUT2D eigenvalue weighted by Crippen LogP contribution is 2.14. The summed E-state index contributed by atoms with van der Waals surface area (Å²) in [5, 5.41) is 14.2. The molecule has 0 bridgehead atoms. The Bertz CT molecular complexity index is 1060. The predicted octanol–water partition coefficient (Wildman–Crippen LogP) is 0.272. The van der Waals surface area contributed by atoms with E-state index in [9.17, 15) is 27.9 Å². The minimum absolute atomic E-state index is 0.0192. The third-order valence-electron chi connectivity index (χ3n) is 4.87. The predicted molar refractivity (Wildman–Crippen MR) is 117 cm³/mol. The molecule has 0 radical (unpaired) electrons. The van der Waals surface area contributed by atoms with E-state index in [1.54, 1.807) is 12.1 Å². The van der Waals surface area contributed by atoms with Gasteiger partial charge >= 0.3 is 5.97 Å². The third kappa shape index (κ3) is 6.92. The number of nitrogens with one attached hydrogen (secondary N) is 2. The number of carboxylic acids is 1. The van der Waals surface area contributed by atoms with E-state index in [4.69, 9.17) is 0 Å². The standard InChI is InChI=1S/C21H28N4O6S/c1-15-6-8-17(9-7-15)32(30,31)25(3)14-20(27)23-18(21(28)29)13-19(26)22-11-10-16-5-4-12-24(16)2/h4-9,12,18H,10-11,13-14H2,1-3H3,(H,22,26)(H,23,27)(H,28,29)/t18-/m0/s1. The SMILES string of the molecule is Cc1ccc(S(=O)(=O)N(C)CC(=O)N[C@@H](CC(=O)NCCc2cccn2C)C(=O)O)cc1. The first-order valence-electron chi connectivity index (χ1n) is 9.92. The summed E-state index contributed by atoms with van der Waals surface area (Å²) < 4.78 is 27.9. The first-order chi connectivity index (χ1) is 15.0. The Morgan fingerprint density at radius 3 is 2.34 bits per heavy atom. The molecule has 174 valence electrons. The minimum Gasteiger partial charge on any atom is -0.480 e. The second kappa shape index (κ2) is 10.9. The molecule has 1 heterocycles. The number of rotatable bonds is 11. The van der Waals surface area contributed by atoms with E-state index in [-0.39, 0.29) is 4.90 Å². The monoisotopic (exact) mass is 464 g/mol. The fourth-order valence-corrected chi connectivity index (χ4v) is 4.09. The molecule has 0 aliphatic heterocycles. The lowest BCUT2D eigenvalue weighted by Gasteiger charge is -2.19. The van der Waals surface area contributed by atoms with Gasteiger partial charge in [-0.05, 0) is 31.2 Å². The highest BCUT2D eigenvalue weighted by atomic mass is 32.2. The van der Waals surface area contributed by atoms with E-state index in [0.717, 1.165) is 15.6 Å². The van der Waals surface area contributed by atoms with Crippen LogP contribution in [0.1, 0.15) is 17.7 Å². The molecular formula is C21H28N4O6S. The van der Waals surface area contributed by atoms with E-state index >= 15 is 0 Å². The second-order valence-corrected chi connectivity index (χ2v) is 9.49. The van der Waals surface area contributed by atoms with Crippen molar-refractivity contribution in [2.75, 3.05) is 20.1 Å². The normalized spacial score (nSPS) is 12.4. The highest BCUT2D eigenvalue weighted by molar-refractivity contribution is 7.89. The van der Waals surface area contributed by atoms with Crippen LogP contribution in [0.3, 0.4) is 0 Å². The number of aromatic nitrogens is 1. The van der Waals surface area contributed by atoms with Crippen molar-refractivity contribution in [2.45, 2.75) is 30.7 Å². The lowest BCUT2D eigenvalue weighted by Crippen LogP contribution is -2.48. The van der Waals surface area contributed by atoms with Gasteiger partial charge in [-0.1, -0.05) is 17.7 Å². The first kappa shape index (κ1) is 25.1. The molecule has 0 spiro atoms. The zero-order valence-electron chi connectivity index (χ0n) is 18.2. The fourth-order valence-electron chi connectivity index (χ4n) is 2.96. The maximum atomic E-state index is 12.6. The van der Waals surface area contributed by atoms with Crippen LogP contribution in [-0.4, -0.2) is 66.4 Å². The molecule has 2 amide bonds. The van der Waals surface area contributed by atoms with Gasteiger partial charge in [0.05, 0.1) is 17.9 Å². The number of benzene rings is 1. The summed E-state index contributed by atoms with van der Waals surface area (Å²) in [6.45, 7) is 1.54. The topological polar surface area (TPSA) is 138 Å². The Kier molecular flexibility index (Phi) is 8.56. The maximum Gasteiger partial charge on any atom is 0.326 e. The first-order valence-corrected chi connectivity index (χ1v) is 11.4. The lowest BCUT2D eigenvalue weighted by molar-refractivity contribution is -0.143. The maximum absolute atomic E-state index is 12.6. The number of hydrogen-bond donors (Lipinski definition) is 3. The molecule has 3 N–H and O–H groups in total. The molecule has 1 aromatic carbocycles. The van der Waals surface area contributed by atoms with Crippen molar-refractivity contribution >= 4 is 27.8 Å². The van der Waals surface area contributed by atoms with Crippen LogP contribution in [0.2, 0.25) is 0 Å². The number of carbonyl (C=O) groups excluding carboxylic acids is 2. The van der Waals surface area contributed by atoms with Crippen molar-refractivity contribution in [1.82, 2.24) is 19.5 Å². The highest BCUT2D eigenvalue weighted by Gasteiger charge is 2.27. The van der Waals surface area contributed by atoms with Crippen molar-refractivity contribution in [3.63, 3.8) is 0 Å². The summed E-state index contributed by atoms with van der Waals surface area (Å²) in [7, 11) is -0.822. The van der Waals surface area contributed by atoms with Gasteiger partial charge in [0.1, 0.15) is 6.04 Å². The number of amides is 2. The van der Waals surface area contributed by atoms with Gasteiger partial charge < -0.3 is 20.3 Å². The van der Waals surface area contributed by atoms with E-state index in [1.807, 2.05) is 36.9 Å². The Morgan fingerprint density at radius 2 is 1.78 bits per heavy atom. The summed E-state index contributed by atoms with van der Waals surface area (Å²) in [5.74, 6) is -2.75. The van der Waals surface area contributed by atoms with Crippen LogP contribution < -0.4 is 10.6 Å². The molecule has 0 saturated carbocycles. The number of nitrogens with zero attached hydrogens (tertiary/aromatic N) is 2. The number of sulfonamides is 1. The Labute approximate surface area is 187 Å². The molecule has 32 heavy (non-hydrogen) atoms. The van der Waals surface area contributed by atoms with Gasteiger partial charge in [-0.25, -0.2) is 13.2 Å². The third-order valence-corrected chi connectivity index (χ3v) is 6.69. The molecule has 0 aliphatic rings. The zero-order chi connectivity index (χ0) is 23.9. The molecule has 10 nitrogen and oxygen atoms in total. The van der Waals surface area contributed by atoms with Gasteiger partial charge in [0, 0.05) is 39.0 Å².